The van der Waals surface area contributed by atoms with Gasteiger partial charge in [-0.05, 0) is 18.8 Å². The lowest BCUT2D eigenvalue weighted by Gasteiger charge is -2.27. The summed E-state index contributed by atoms with van der Waals surface area (Å²) < 4.78 is 5.52. The van der Waals surface area contributed by atoms with E-state index in [0.29, 0.717) is 12.0 Å². The highest BCUT2D eigenvalue weighted by molar-refractivity contribution is 5.28. The van der Waals surface area contributed by atoms with E-state index in [1.807, 2.05) is 12.4 Å². The fourth-order valence-electron chi connectivity index (χ4n) is 2.38. The zero-order valence-corrected chi connectivity index (χ0v) is 12.8. The Hall–Kier alpha value is -1.20. The molecule has 112 valence electrons. The standard InChI is InChI=1S/C15H26N4O/c1-12(2)16-7-14-8-17-15(18-9-14)19(3)10-13-5-4-6-20-11-13/h8-9,12-13,16H,4-7,10-11H2,1-3H3. The molecule has 20 heavy (non-hydrogen) atoms. The molecule has 2 heterocycles. The Balaban J connectivity index is 1.84. The minimum absolute atomic E-state index is 0.476. The summed E-state index contributed by atoms with van der Waals surface area (Å²) in [4.78, 5) is 11.0. The molecule has 0 aromatic carbocycles. The minimum atomic E-state index is 0.476. The summed E-state index contributed by atoms with van der Waals surface area (Å²) in [7, 11) is 2.05. The van der Waals surface area contributed by atoms with Crippen LogP contribution in [0.1, 0.15) is 32.3 Å². The minimum Gasteiger partial charge on any atom is -0.381 e. The predicted octanol–water partition coefficient (Wildman–Crippen LogP) is 1.84. The van der Waals surface area contributed by atoms with Gasteiger partial charge in [-0.2, -0.15) is 0 Å². The highest BCUT2D eigenvalue weighted by atomic mass is 16.5. The van der Waals surface area contributed by atoms with E-state index < -0.39 is 0 Å². The van der Waals surface area contributed by atoms with Crippen molar-refractivity contribution >= 4 is 5.95 Å². The van der Waals surface area contributed by atoms with Gasteiger partial charge in [0.1, 0.15) is 0 Å². The maximum absolute atomic E-state index is 5.52. The van der Waals surface area contributed by atoms with Crippen LogP contribution in [0.2, 0.25) is 0 Å². The summed E-state index contributed by atoms with van der Waals surface area (Å²) in [5.74, 6) is 1.39. The van der Waals surface area contributed by atoms with Crippen LogP contribution in [0.25, 0.3) is 0 Å². The molecule has 1 atom stereocenters. The Kier molecular flexibility index (Phi) is 5.73. The Morgan fingerprint density at radius 2 is 2.15 bits per heavy atom. The number of ether oxygens (including phenoxy) is 1. The van der Waals surface area contributed by atoms with Gasteiger partial charge in [0.05, 0.1) is 6.61 Å². The molecule has 0 bridgehead atoms. The highest BCUT2D eigenvalue weighted by Crippen LogP contribution is 2.16. The number of aromatic nitrogens is 2. The molecule has 0 radical (unpaired) electrons. The lowest BCUT2D eigenvalue weighted by molar-refractivity contribution is 0.0575. The Labute approximate surface area is 121 Å². The van der Waals surface area contributed by atoms with Gasteiger partial charge in [0.15, 0.2) is 0 Å². The Morgan fingerprint density at radius 1 is 1.40 bits per heavy atom. The molecule has 0 amide bonds. The van der Waals surface area contributed by atoms with Crippen molar-refractivity contribution in [3.63, 3.8) is 0 Å². The first-order valence-corrected chi connectivity index (χ1v) is 7.48. The van der Waals surface area contributed by atoms with Crippen LogP contribution in [0.15, 0.2) is 12.4 Å². The molecule has 0 aliphatic carbocycles. The zero-order chi connectivity index (χ0) is 14.4. The summed E-state index contributed by atoms with van der Waals surface area (Å²) in [5, 5.41) is 3.37. The molecule has 5 heteroatoms. The van der Waals surface area contributed by atoms with Crippen molar-refractivity contribution in [3.8, 4) is 0 Å². The van der Waals surface area contributed by atoms with Crippen molar-refractivity contribution in [1.29, 1.82) is 0 Å². The van der Waals surface area contributed by atoms with E-state index >= 15 is 0 Å². The van der Waals surface area contributed by atoms with E-state index in [9.17, 15) is 0 Å². The van der Waals surface area contributed by atoms with Gasteiger partial charge in [-0.1, -0.05) is 13.8 Å². The number of anilines is 1. The maximum Gasteiger partial charge on any atom is 0.225 e. The van der Waals surface area contributed by atoms with Crippen molar-refractivity contribution in [2.45, 2.75) is 39.3 Å². The van der Waals surface area contributed by atoms with E-state index in [1.165, 1.54) is 12.8 Å². The molecule has 0 saturated carbocycles. The number of nitrogens with one attached hydrogen (secondary N) is 1. The van der Waals surface area contributed by atoms with Crippen molar-refractivity contribution in [1.82, 2.24) is 15.3 Å². The fourth-order valence-corrected chi connectivity index (χ4v) is 2.38. The quantitative estimate of drug-likeness (QED) is 0.860. The summed E-state index contributed by atoms with van der Waals surface area (Å²) in [6.45, 7) is 7.82. The van der Waals surface area contributed by atoms with Crippen LogP contribution < -0.4 is 10.2 Å². The predicted molar refractivity (Wildman–Crippen MR) is 80.8 cm³/mol. The maximum atomic E-state index is 5.52. The van der Waals surface area contributed by atoms with Crippen molar-refractivity contribution in [2.24, 2.45) is 5.92 Å². The summed E-state index contributed by atoms with van der Waals surface area (Å²) in [5.41, 5.74) is 1.12. The topological polar surface area (TPSA) is 50.3 Å². The monoisotopic (exact) mass is 278 g/mol. The number of hydrogen-bond acceptors (Lipinski definition) is 5. The summed E-state index contributed by atoms with van der Waals surface area (Å²) in [6.07, 6.45) is 6.22. The average Bonchev–Trinajstić information content (AvgIpc) is 2.46. The van der Waals surface area contributed by atoms with Crippen LogP contribution in [0.4, 0.5) is 5.95 Å². The average molecular weight is 278 g/mol. The second kappa shape index (κ2) is 7.55. The molecule has 1 aliphatic heterocycles. The molecule has 1 N–H and O–H groups in total. The molecule has 5 nitrogen and oxygen atoms in total. The lowest BCUT2D eigenvalue weighted by Crippen LogP contribution is -2.31. The van der Waals surface area contributed by atoms with Gasteiger partial charge >= 0.3 is 0 Å². The van der Waals surface area contributed by atoms with Gasteiger partial charge in [0, 0.05) is 50.7 Å². The zero-order valence-electron chi connectivity index (χ0n) is 12.8. The fraction of sp³-hybridized carbons (Fsp3) is 0.733. The van der Waals surface area contributed by atoms with Gasteiger partial charge in [0.2, 0.25) is 5.95 Å². The first-order chi connectivity index (χ1) is 9.65. The van der Waals surface area contributed by atoms with Crippen LogP contribution in [0.5, 0.6) is 0 Å². The van der Waals surface area contributed by atoms with Crippen molar-refractivity contribution < 1.29 is 4.74 Å². The highest BCUT2D eigenvalue weighted by Gasteiger charge is 2.17. The van der Waals surface area contributed by atoms with Gasteiger partial charge < -0.3 is 15.0 Å². The summed E-state index contributed by atoms with van der Waals surface area (Å²) >= 11 is 0. The molecule has 1 saturated heterocycles. The lowest BCUT2D eigenvalue weighted by atomic mass is 10.0. The van der Waals surface area contributed by atoms with Gasteiger partial charge in [-0.3, -0.25) is 0 Å². The number of nitrogens with zero attached hydrogens (tertiary/aromatic N) is 3. The molecule has 1 aromatic rings. The van der Waals surface area contributed by atoms with Crippen LogP contribution in [0, 0.1) is 5.92 Å². The normalized spacial score (nSPS) is 19.3. The third-order valence-electron chi connectivity index (χ3n) is 3.53. The van der Waals surface area contributed by atoms with E-state index in [4.69, 9.17) is 4.74 Å². The molecule has 1 unspecified atom stereocenters. The molecule has 1 aromatic heterocycles. The van der Waals surface area contributed by atoms with Gasteiger partial charge in [-0.25, -0.2) is 9.97 Å². The molecule has 0 spiro atoms. The number of rotatable bonds is 6. The van der Waals surface area contributed by atoms with Gasteiger partial charge in [-0.15, -0.1) is 0 Å². The van der Waals surface area contributed by atoms with Gasteiger partial charge in [0.25, 0.3) is 0 Å². The first-order valence-electron chi connectivity index (χ1n) is 7.48. The smallest absolute Gasteiger partial charge is 0.225 e. The van der Waals surface area contributed by atoms with Crippen molar-refractivity contribution in [2.75, 3.05) is 31.7 Å². The van der Waals surface area contributed by atoms with E-state index in [1.54, 1.807) is 0 Å². The van der Waals surface area contributed by atoms with Crippen LogP contribution in [-0.4, -0.2) is 42.8 Å². The van der Waals surface area contributed by atoms with Crippen LogP contribution in [0.3, 0.4) is 0 Å². The third-order valence-corrected chi connectivity index (χ3v) is 3.53. The molecule has 1 aliphatic rings. The van der Waals surface area contributed by atoms with Crippen LogP contribution in [-0.2, 0) is 11.3 Å². The SMILES string of the molecule is CC(C)NCc1cnc(N(C)CC2CCCOC2)nc1. The Morgan fingerprint density at radius 3 is 2.75 bits per heavy atom. The van der Waals surface area contributed by atoms with E-state index in [2.05, 4.69) is 41.1 Å². The second-order valence-electron chi connectivity index (χ2n) is 5.89. The largest absolute Gasteiger partial charge is 0.381 e. The summed E-state index contributed by atoms with van der Waals surface area (Å²) in [6, 6.07) is 0.476. The molecule has 2 rings (SSSR count). The van der Waals surface area contributed by atoms with Crippen LogP contribution >= 0.6 is 0 Å². The van der Waals surface area contributed by atoms with E-state index in [0.717, 1.165) is 37.8 Å². The number of hydrogen-bond donors (Lipinski definition) is 1. The molecular formula is C15H26N4O. The van der Waals surface area contributed by atoms with E-state index in [-0.39, 0.29) is 0 Å². The first kappa shape index (κ1) is 15.2. The second-order valence-corrected chi connectivity index (χ2v) is 5.89. The third kappa shape index (κ3) is 4.72. The molecule has 1 fully saturated rings. The molecular weight excluding hydrogens is 252 g/mol. The van der Waals surface area contributed by atoms with Crippen molar-refractivity contribution in [3.05, 3.63) is 18.0 Å². The Bertz CT molecular complexity index is 387.